The molecule has 1 unspecified atom stereocenters. The Hall–Kier alpha value is -2.49. The fourth-order valence-electron chi connectivity index (χ4n) is 3.12. The third kappa shape index (κ3) is 5.35. The predicted molar refractivity (Wildman–Crippen MR) is 111 cm³/mol. The molecule has 0 saturated carbocycles. The van der Waals surface area contributed by atoms with Crippen LogP contribution in [0.5, 0.6) is 5.75 Å². The number of anilines is 1. The molecule has 1 aromatic carbocycles. The van der Waals surface area contributed by atoms with Crippen molar-refractivity contribution >= 4 is 23.3 Å². The summed E-state index contributed by atoms with van der Waals surface area (Å²) in [7, 11) is 0. The number of pyridine rings is 1. The van der Waals surface area contributed by atoms with Crippen molar-refractivity contribution in [3.63, 3.8) is 0 Å². The minimum atomic E-state index is -0.920. The standard InChI is InChI=1S/C20H24ClF2N5O2/c1-12(17-14(22)2-3-15(23)18(17)21)30-16-10-13(11-27-20(16)25)19(24)26-4-5-28-6-8-29-9-7-28/h2-3,10-12H,4-9H2,1H3,(H2,24,26)(H2,25,27). The molecular weight excluding hydrogens is 416 g/mol. The van der Waals surface area contributed by atoms with E-state index < -0.39 is 17.7 Å². The molecule has 1 aliphatic rings. The van der Waals surface area contributed by atoms with Crippen LogP contribution in [-0.2, 0) is 4.74 Å². The van der Waals surface area contributed by atoms with Crippen molar-refractivity contribution in [3.05, 3.63) is 52.2 Å². The van der Waals surface area contributed by atoms with Gasteiger partial charge in [0.05, 0.1) is 18.2 Å². The average molecular weight is 440 g/mol. The molecule has 162 valence electrons. The third-order valence-electron chi connectivity index (χ3n) is 4.79. The van der Waals surface area contributed by atoms with Crippen molar-refractivity contribution in [1.82, 2.24) is 15.2 Å². The summed E-state index contributed by atoms with van der Waals surface area (Å²) in [6, 6.07) is 3.48. The number of ether oxygens (including phenoxy) is 2. The lowest BCUT2D eigenvalue weighted by atomic mass is 10.1. The van der Waals surface area contributed by atoms with E-state index in [4.69, 9.17) is 32.2 Å². The molecule has 0 aliphatic carbocycles. The summed E-state index contributed by atoms with van der Waals surface area (Å²) < 4.78 is 38.9. The van der Waals surface area contributed by atoms with Crippen LogP contribution in [0.15, 0.2) is 24.4 Å². The van der Waals surface area contributed by atoms with Gasteiger partial charge in [-0.3, -0.25) is 10.3 Å². The van der Waals surface area contributed by atoms with Gasteiger partial charge in [0.2, 0.25) is 0 Å². The summed E-state index contributed by atoms with van der Waals surface area (Å²) in [4.78, 5) is 6.30. The number of morpholine rings is 1. The quantitative estimate of drug-likeness (QED) is 0.348. The molecule has 0 radical (unpaired) electrons. The van der Waals surface area contributed by atoms with E-state index in [1.165, 1.54) is 19.2 Å². The molecule has 1 saturated heterocycles. The molecule has 0 spiro atoms. The predicted octanol–water partition coefficient (Wildman–Crippen LogP) is 2.98. The fourth-order valence-corrected chi connectivity index (χ4v) is 3.42. The molecule has 4 N–H and O–H groups in total. The first-order valence-electron chi connectivity index (χ1n) is 9.55. The van der Waals surface area contributed by atoms with Crippen molar-refractivity contribution in [3.8, 4) is 5.75 Å². The lowest BCUT2D eigenvalue weighted by Gasteiger charge is -2.26. The number of rotatable bonds is 7. The van der Waals surface area contributed by atoms with Crippen LogP contribution in [0, 0.1) is 17.0 Å². The first-order chi connectivity index (χ1) is 14.4. The maximum absolute atomic E-state index is 14.2. The molecule has 2 aromatic rings. The van der Waals surface area contributed by atoms with E-state index in [2.05, 4.69) is 15.2 Å². The second-order valence-corrected chi connectivity index (χ2v) is 7.26. The van der Waals surface area contributed by atoms with E-state index in [1.54, 1.807) is 0 Å². The van der Waals surface area contributed by atoms with Crippen LogP contribution in [0.2, 0.25) is 5.02 Å². The van der Waals surface area contributed by atoms with E-state index >= 15 is 0 Å². The minimum absolute atomic E-state index is 0.0691. The van der Waals surface area contributed by atoms with Crippen LogP contribution in [0.25, 0.3) is 0 Å². The van der Waals surface area contributed by atoms with E-state index in [1.807, 2.05) is 0 Å². The highest BCUT2D eigenvalue weighted by Gasteiger charge is 2.21. The number of hydrogen-bond donors (Lipinski definition) is 3. The molecule has 3 rings (SSSR count). The summed E-state index contributed by atoms with van der Waals surface area (Å²) in [5, 5.41) is 10.9. The zero-order chi connectivity index (χ0) is 21.7. The Labute approximate surface area is 178 Å². The zero-order valence-electron chi connectivity index (χ0n) is 16.6. The van der Waals surface area contributed by atoms with Crippen molar-refractivity contribution in [2.75, 3.05) is 45.1 Å². The number of nitrogens with zero attached hydrogens (tertiary/aromatic N) is 2. The number of aromatic nitrogens is 1. The Morgan fingerprint density at radius 2 is 2.07 bits per heavy atom. The number of nitrogens with one attached hydrogen (secondary N) is 2. The molecule has 30 heavy (non-hydrogen) atoms. The molecule has 0 amide bonds. The maximum Gasteiger partial charge on any atom is 0.166 e. The molecule has 1 aromatic heterocycles. The molecule has 1 aliphatic heterocycles. The van der Waals surface area contributed by atoms with Gasteiger partial charge in [-0.25, -0.2) is 13.8 Å². The van der Waals surface area contributed by atoms with E-state index in [9.17, 15) is 8.78 Å². The first-order valence-corrected chi connectivity index (χ1v) is 9.93. The lowest BCUT2D eigenvalue weighted by molar-refractivity contribution is 0.0389. The summed E-state index contributed by atoms with van der Waals surface area (Å²) in [5.41, 5.74) is 6.22. The molecular formula is C20H24ClF2N5O2. The molecule has 2 heterocycles. The fraction of sp³-hybridized carbons (Fsp3) is 0.400. The molecule has 0 bridgehead atoms. The highest BCUT2D eigenvalue weighted by Crippen LogP contribution is 2.33. The van der Waals surface area contributed by atoms with E-state index in [-0.39, 0.29) is 28.0 Å². The average Bonchev–Trinajstić information content (AvgIpc) is 2.73. The normalized spacial score (nSPS) is 15.6. The van der Waals surface area contributed by atoms with Crippen LogP contribution < -0.4 is 15.8 Å². The summed E-state index contributed by atoms with van der Waals surface area (Å²) in [6.07, 6.45) is 0.531. The van der Waals surface area contributed by atoms with Crippen molar-refractivity contribution in [1.29, 1.82) is 5.41 Å². The number of amidine groups is 1. The number of halogens is 3. The van der Waals surface area contributed by atoms with Gasteiger partial charge in [0.15, 0.2) is 11.6 Å². The second-order valence-electron chi connectivity index (χ2n) is 6.88. The third-order valence-corrected chi connectivity index (χ3v) is 5.18. The maximum atomic E-state index is 14.2. The van der Waals surface area contributed by atoms with Gasteiger partial charge in [-0.05, 0) is 25.1 Å². The van der Waals surface area contributed by atoms with Gasteiger partial charge in [0.1, 0.15) is 23.6 Å². The number of nitrogens with two attached hydrogens (primary N) is 1. The van der Waals surface area contributed by atoms with Crippen molar-refractivity contribution < 1.29 is 18.3 Å². The Morgan fingerprint density at radius 3 is 2.80 bits per heavy atom. The molecule has 7 nitrogen and oxygen atoms in total. The van der Waals surface area contributed by atoms with Gasteiger partial charge in [-0.15, -0.1) is 0 Å². The largest absolute Gasteiger partial charge is 0.482 e. The topological polar surface area (TPSA) is 96.5 Å². The van der Waals surface area contributed by atoms with Gasteiger partial charge >= 0.3 is 0 Å². The molecule has 1 fully saturated rings. The van der Waals surface area contributed by atoms with Crippen LogP contribution in [0.3, 0.4) is 0 Å². The van der Waals surface area contributed by atoms with Gasteiger partial charge in [-0.2, -0.15) is 0 Å². The molecule has 10 heteroatoms. The van der Waals surface area contributed by atoms with E-state index in [0.717, 1.165) is 31.8 Å². The van der Waals surface area contributed by atoms with Crippen molar-refractivity contribution in [2.24, 2.45) is 0 Å². The zero-order valence-corrected chi connectivity index (χ0v) is 17.3. The summed E-state index contributed by atoms with van der Waals surface area (Å²) in [6.45, 7) is 6.07. The van der Waals surface area contributed by atoms with Gasteiger partial charge in [0, 0.05) is 43.5 Å². The van der Waals surface area contributed by atoms with Gasteiger partial charge < -0.3 is 20.5 Å². The highest BCUT2D eigenvalue weighted by atomic mass is 35.5. The Morgan fingerprint density at radius 1 is 1.37 bits per heavy atom. The second kappa shape index (κ2) is 10.0. The Bertz CT molecular complexity index is 909. The first kappa shape index (κ1) is 22.2. The Balaban J connectivity index is 1.66. The van der Waals surface area contributed by atoms with Gasteiger partial charge in [-0.1, -0.05) is 11.6 Å². The SMILES string of the molecule is CC(Oc1cc(C(=N)NCCN2CCOCC2)cnc1N)c1c(F)ccc(F)c1Cl. The van der Waals surface area contributed by atoms with Crippen LogP contribution >= 0.6 is 11.6 Å². The van der Waals surface area contributed by atoms with Crippen LogP contribution in [-0.4, -0.2) is 55.1 Å². The van der Waals surface area contributed by atoms with Crippen LogP contribution in [0.1, 0.15) is 24.2 Å². The smallest absolute Gasteiger partial charge is 0.166 e. The number of nitrogen functional groups attached to an aromatic ring is 1. The number of benzene rings is 1. The summed E-state index contributed by atoms with van der Waals surface area (Å²) in [5.74, 6) is -1.05. The summed E-state index contributed by atoms with van der Waals surface area (Å²) >= 11 is 5.90. The lowest BCUT2D eigenvalue weighted by Crippen LogP contribution is -2.41. The molecule has 1 atom stereocenters. The van der Waals surface area contributed by atoms with E-state index in [0.29, 0.717) is 25.3 Å². The highest BCUT2D eigenvalue weighted by molar-refractivity contribution is 6.31. The Kier molecular flexibility index (Phi) is 7.41. The minimum Gasteiger partial charge on any atom is -0.482 e. The van der Waals surface area contributed by atoms with Crippen molar-refractivity contribution in [2.45, 2.75) is 13.0 Å². The van der Waals surface area contributed by atoms with Gasteiger partial charge in [0.25, 0.3) is 0 Å². The van der Waals surface area contributed by atoms with Crippen LogP contribution in [0.4, 0.5) is 14.6 Å². The number of hydrogen-bond acceptors (Lipinski definition) is 6. The monoisotopic (exact) mass is 439 g/mol.